The van der Waals surface area contributed by atoms with Gasteiger partial charge in [-0.2, -0.15) is 9.40 Å². The predicted octanol–water partition coefficient (Wildman–Crippen LogP) is -0.708. The van der Waals surface area contributed by atoms with Gasteiger partial charge in [-0.15, -0.1) is 0 Å². The molecular formula is C11H21N5O2S. The first-order valence-electron chi connectivity index (χ1n) is 6.41. The monoisotopic (exact) mass is 287 g/mol. The van der Waals surface area contributed by atoms with Gasteiger partial charge in [-0.3, -0.25) is 10.00 Å². The van der Waals surface area contributed by atoms with Crippen molar-refractivity contribution in [1.82, 2.24) is 19.4 Å². The van der Waals surface area contributed by atoms with E-state index in [1.165, 1.54) is 4.31 Å². The number of aromatic amines is 1. The molecule has 2 rings (SSSR count). The van der Waals surface area contributed by atoms with E-state index in [0.29, 0.717) is 35.9 Å². The lowest BCUT2D eigenvalue weighted by Crippen LogP contribution is -2.49. The van der Waals surface area contributed by atoms with E-state index in [4.69, 9.17) is 5.73 Å². The van der Waals surface area contributed by atoms with Crippen LogP contribution < -0.4 is 5.73 Å². The van der Waals surface area contributed by atoms with Crippen molar-refractivity contribution in [1.29, 1.82) is 0 Å². The Morgan fingerprint density at radius 3 is 2.37 bits per heavy atom. The Morgan fingerprint density at radius 1 is 1.26 bits per heavy atom. The van der Waals surface area contributed by atoms with Crippen molar-refractivity contribution in [2.24, 2.45) is 5.73 Å². The highest BCUT2D eigenvalue weighted by atomic mass is 32.2. The summed E-state index contributed by atoms with van der Waals surface area (Å²) in [6.45, 7) is 7.33. The van der Waals surface area contributed by atoms with Crippen molar-refractivity contribution in [3.05, 3.63) is 11.4 Å². The smallest absolute Gasteiger partial charge is 0.246 e. The van der Waals surface area contributed by atoms with Gasteiger partial charge in [-0.05, 0) is 13.8 Å². The fraction of sp³-hybridized carbons (Fsp3) is 0.727. The average molecular weight is 287 g/mol. The van der Waals surface area contributed by atoms with Crippen LogP contribution in [0.25, 0.3) is 0 Å². The van der Waals surface area contributed by atoms with E-state index in [9.17, 15) is 8.42 Å². The number of sulfonamides is 1. The highest BCUT2D eigenvalue weighted by Crippen LogP contribution is 2.22. The molecule has 0 saturated carbocycles. The van der Waals surface area contributed by atoms with Crippen LogP contribution in [0, 0.1) is 13.8 Å². The highest BCUT2D eigenvalue weighted by Gasteiger charge is 2.31. The molecule has 1 aliphatic heterocycles. The molecule has 1 aromatic heterocycles. The molecule has 0 bridgehead atoms. The van der Waals surface area contributed by atoms with Gasteiger partial charge in [0.05, 0.1) is 11.4 Å². The SMILES string of the molecule is Cc1n[nH]c(C)c1S(=O)(=O)N1CCN(CCN)CC1. The van der Waals surface area contributed by atoms with E-state index < -0.39 is 10.0 Å². The maximum Gasteiger partial charge on any atom is 0.246 e. The average Bonchev–Trinajstić information content (AvgIpc) is 2.70. The Balaban J connectivity index is 2.15. The van der Waals surface area contributed by atoms with Crippen LogP contribution in [0.3, 0.4) is 0 Å². The predicted molar refractivity (Wildman–Crippen MR) is 72.3 cm³/mol. The van der Waals surface area contributed by atoms with Gasteiger partial charge in [-0.25, -0.2) is 8.42 Å². The minimum atomic E-state index is -3.44. The Hall–Kier alpha value is -0.960. The van der Waals surface area contributed by atoms with Crippen LogP contribution in [0.15, 0.2) is 4.90 Å². The molecule has 2 heterocycles. The van der Waals surface area contributed by atoms with Crippen LogP contribution >= 0.6 is 0 Å². The molecule has 0 aromatic carbocycles. The molecule has 1 fully saturated rings. The first-order valence-corrected chi connectivity index (χ1v) is 7.85. The summed E-state index contributed by atoms with van der Waals surface area (Å²) < 4.78 is 26.7. The minimum absolute atomic E-state index is 0.319. The second-order valence-corrected chi connectivity index (χ2v) is 6.67. The second kappa shape index (κ2) is 5.58. The number of hydrogen-bond donors (Lipinski definition) is 2. The molecule has 0 spiro atoms. The van der Waals surface area contributed by atoms with Crippen LogP contribution in [-0.2, 0) is 10.0 Å². The van der Waals surface area contributed by atoms with Crippen LogP contribution in [-0.4, -0.2) is 67.1 Å². The summed E-state index contributed by atoms with van der Waals surface area (Å²) in [5.41, 5.74) is 6.64. The molecule has 0 amide bonds. The van der Waals surface area contributed by atoms with E-state index in [-0.39, 0.29) is 0 Å². The first kappa shape index (κ1) is 14.4. The van der Waals surface area contributed by atoms with Gasteiger partial charge >= 0.3 is 0 Å². The van der Waals surface area contributed by atoms with Gasteiger partial charge < -0.3 is 5.73 Å². The van der Waals surface area contributed by atoms with Crippen molar-refractivity contribution in [3.63, 3.8) is 0 Å². The van der Waals surface area contributed by atoms with Crippen molar-refractivity contribution >= 4 is 10.0 Å². The van der Waals surface area contributed by atoms with Crippen molar-refractivity contribution in [3.8, 4) is 0 Å². The number of nitrogens with two attached hydrogens (primary N) is 1. The summed E-state index contributed by atoms with van der Waals surface area (Å²) >= 11 is 0. The molecule has 7 nitrogen and oxygen atoms in total. The largest absolute Gasteiger partial charge is 0.329 e. The number of hydrogen-bond acceptors (Lipinski definition) is 5. The standard InChI is InChI=1S/C11H21N5O2S/c1-9-11(10(2)14-13-9)19(17,18)16-7-5-15(4-3-12)6-8-16/h3-8,12H2,1-2H3,(H,13,14). The van der Waals surface area contributed by atoms with Gasteiger partial charge in [0.1, 0.15) is 4.90 Å². The maximum atomic E-state index is 12.6. The summed E-state index contributed by atoms with van der Waals surface area (Å²) in [5.74, 6) is 0. The Labute approximate surface area is 113 Å². The highest BCUT2D eigenvalue weighted by molar-refractivity contribution is 7.89. The molecule has 108 valence electrons. The van der Waals surface area contributed by atoms with E-state index >= 15 is 0 Å². The quantitative estimate of drug-likeness (QED) is 0.763. The molecule has 19 heavy (non-hydrogen) atoms. The minimum Gasteiger partial charge on any atom is -0.329 e. The Kier molecular flexibility index (Phi) is 4.24. The van der Waals surface area contributed by atoms with Gasteiger partial charge in [0.25, 0.3) is 0 Å². The summed E-state index contributed by atoms with van der Waals surface area (Å²) in [7, 11) is -3.44. The number of nitrogens with one attached hydrogen (secondary N) is 1. The van der Waals surface area contributed by atoms with E-state index in [1.54, 1.807) is 13.8 Å². The zero-order valence-electron chi connectivity index (χ0n) is 11.4. The van der Waals surface area contributed by atoms with Crippen LogP contribution in [0.4, 0.5) is 0 Å². The van der Waals surface area contributed by atoms with E-state index in [2.05, 4.69) is 15.1 Å². The fourth-order valence-electron chi connectivity index (χ4n) is 2.43. The van der Waals surface area contributed by atoms with Gasteiger partial charge in [0, 0.05) is 39.3 Å². The first-order chi connectivity index (χ1) is 8.96. The number of piperazine rings is 1. The lowest BCUT2D eigenvalue weighted by atomic mass is 10.3. The van der Waals surface area contributed by atoms with E-state index in [1.807, 2.05) is 0 Å². The zero-order chi connectivity index (χ0) is 14.0. The van der Waals surface area contributed by atoms with E-state index in [0.717, 1.165) is 19.6 Å². The third-order valence-corrected chi connectivity index (χ3v) is 5.60. The van der Waals surface area contributed by atoms with Crippen LogP contribution in [0.2, 0.25) is 0 Å². The molecule has 0 unspecified atom stereocenters. The maximum absolute atomic E-state index is 12.6. The summed E-state index contributed by atoms with van der Waals surface area (Å²) in [5, 5.41) is 6.69. The lowest BCUT2D eigenvalue weighted by Gasteiger charge is -2.33. The summed E-state index contributed by atoms with van der Waals surface area (Å²) in [6, 6.07) is 0. The Bertz CT molecular complexity index is 512. The van der Waals surface area contributed by atoms with Crippen LogP contribution in [0.1, 0.15) is 11.4 Å². The summed E-state index contributed by atoms with van der Waals surface area (Å²) in [6.07, 6.45) is 0. The lowest BCUT2D eigenvalue weighted by molar-refractivity contribution is 0.192. The number of aryl methyl sites for hydroxylation is 2. The third-order valence-electron chi connectivity index (χ3n) is 3.43. The molecule has 0 aliphatic carbocycles. The fourth-order valence-corrected chi connectivity index (χ4v) is 4.18. The molecule has 1 aromatic rings. The zero-order valence-corrected chi connectivity index (χ0v) is 12.2. The van der Waals surface area contributed by atoms with Gasteiger partial charge in [0.2, 0.25) is 10.0 Å². The normalized spacial score (nSPS) is 18.9. The van der Waals surface area contributed by atoms with Crippen LogP contribution in [0.5, 0.6) is 0 Å². The number of H-pyrrole nitrogens is 1. The van der Waals surface area contributed by atoms with Gasteiger partial charge in [0.15, 0.2) is 0 Å². The molecule has 8 heteroatoms. The van der Waals surface area contributed by atoms with Crippen molar-refractivity contribution < 1.29 is 8.42 Å². The Morgan fingerprint density at radius 2 is 1.89 bits per heavy atom. The molecule has 0 radical (unpaired) electrons. The van der Waals surface area contributed by atoms with Crippen molar-refractivity contribution in [2.75, 3.05) is 39.3 Å². The molecule has 1 aliphatic rings. The number of rotatable bonds is 4. The van der Waals surface area contributed by atoms with Crippen molar-refractivity contribution in [2.45, 2.75) is 18.7 Å². The summed E-state index contributed by atoms with van der Waals surface area (Å²) in [4.78, 5) is 2.50. The third kappa shape index (κ3) is 2.81. The topological polar surface area (TPSA) is 95.3 Å². The molecule has 0 atom stereocenters. The number of nitrogens with zero attached hydrogens (tertiary/aromatic N) is 3. The molecular weight excluding hydrogens is 266 g/mol. The molecule has 1 saturated heterocycles. The molecule has 3 N–H and O–H groups in total. The second-order valence-electron chi connectivity index (χ2n) is 4.80. The number of aromatic nitrogens is 2. The van der Waals surface area contributed by atoms with Gasteiger partial charge in [-0.1, -0.05) is 0 Å².